The van der Waals surface area contributed by atoms with Crippen molar-refractivity contribution >= 4 is 28.7 Å². The van der Waals surface area contributed by atoms with Crippen LogP contribution in [0.3, 0.4) is 0 Å². The van der Waals surface area contributed by atoms with Crippen LogP contribution >= 0.6 is 11.6 Å². The van der Waals surface area contributed by atoms with Crippen LogP contribution in [0.1, 0.15) is 11.1 Å². The predicted octanol–water partition coefficient (Wildman–Crippen LogP) is 3.85. The second-order valence-corrected chi connectivity index (χ2v) is 4.41. The summed E-state index contributed by atoms with van der Waals surface area (Å²) in [6.45, 7) is 1.94. The van der Waals surface area contributed by atoms with Crippen LogP contribution in [0.15, 0.2) is 36.4 Å². The lowest BCUT2D eigenvalue weighted by molar-refractivity contribution is 1.44. The second-order valence-electron chi connectivity index (χ2n) is 4.00. The van der Waals surface area contributed by atoms with E-state index in [0.29, 0.717) is 16.3 Å². The smallest absolute Gasteiger partial charge is 0.0992 e. The van der Waals surface area contributed by atoms with Gasteiger partial charge < -0.3 is 11.1 Å². The lowest BCUT2D eigenvalue weighted by Crippen LogP contribution is -1.95. The minimum absolute atomic E-state index is 0.564. The summed E-state index contributed by atoms with van der Waals surface area (Å²) in [5.74, 6) is 0. The van der Waals surface area contributed by atoms with Gasteiger partial charge in [-0.25, -0.2) is 0 Å². The molecule has 0 aromatic heterocycles. The number of nitrogen functional groups attached to an aromatic ring is 1. The van der Waals surface area contributed by atoms with Gasteiger partial charge in [-0.05, 0) is 48.9 Å². The van der Waals surface area contributed by atoms with E-state index in [0.717, 1.165) is 16.9 Å². The first-order valence-corrected chi connectivity index (χ1v) is 5.81. The van der Waals surface area contributed by atoms with Crippen LogP contribution in [0.5, 0.6) is 0 Å². The van der Waals surface area contributed by atoms with Crippen LogP contribution in [0.2, 0.25) is 5.02 Å². The quantitative estimate of drug-likeness (QED) is 0.804. The summed E-state index contributed by atoms with van der Waals surface area (Å²) < 4.78 is 0. The number of nitriles is 1. The molecule has 2 aromatic carbocycles. The first-order valence-electron chi connectivity index (χ1n) is 5.43. The van der Waals surface area contributed by atoms with Crippen molar-refractivity contribution in [2.45, 2.75) is 6.92 Å². The van der Waals surface area contributed by atoms with Crippen LogP contribution < -0.4 is 11.1 Å². The standard InChI is InChI=1S/C14H12ClN3/c1-9-6-11(3-5-13(9)17)18-14-7-10(8-16)2-4-12(14)15/h2-7,18H,17H2,1H3. The molecule has 2 aromatic rings. The molecule has 0 atom stereocenters. The van der Waals surface area contributed by atoms with Crippen molar-refractivity contribution in [2.75, 3.05) is 11.1 Å². The third kappa shape index (κ3) is 2.55. The Balaban J connectivity index is 2.33. The van der Waals surface area contributed by atoms with E-state index in [4.69, 9.17) is 22.6 Å². The molecular weight excluding hydrogens is 246 g/mol. The number of nitrogens with two attached hydrogens (primary N) is 1. The molecule has 3 N–H and O–H groups in total. The zero-order valence-corrected chi connectivity index (χ0v) is 10.6. The summed E-state index contributed by atoms with van der Waals surface area (Å²) in [5.41, 5.74) is 9.66. The summed E-state index contributed by atoms with van der Waals surface area (Å²) >= 11 is 6.08. The Kier molecular flexibility index (Phi) is 3.40. The van der Waals surface area contributed by atoms with Gasteiger partial charge in [-0.3, -0.25) is 0 Å². The van der Waals surface area contributed by atoms with Crippen molar-refractivity contribution in [3.05, 3.63) is 52.5 Å². The maximum Gasteiger partial charge on any atom is 0.0992 e. The number of anilines is 3. The fraction of sp³-hybridized carbons (Fsp3) is 0.0714. The number of nitrogens with zero attached hydrogens (tertiary/aromatic N) is 1. The number of nitrogens with one attached hydrogen (secondary N) is 1. The molecule has 4 heteroatoms. The molecule has 0 spiro atoms. The SMILES string of the molecule is Cc1cc(Nc2cc(C#N)ccc2Cl)ccc1N. The molecule has 0 fully saturated rings. The van der Waals surface area contributed by atoms with Crippen molar-refractivity contribution in [1.82, 2.24) is 0 Å². The molecule has 3 nitrogen and oxygen atoms in total. The average molecular weight is 258 g/mol. The van der Waals surface area contributed by atoms with E-state index in [1.165, 1.54) is 0 Å². The fourth-order valence-electron chi connectivity index (χ4n) is 1.60. The van der Waals surface area contributed by atoms with Gasteiger partial charge in [-0.2, -0.15) is 5.26 Å². The van der Waals surface area contributed by atoms with Crippen molar-refractivity contribution < 1.29 is 0 Å². The van der Waals surface area contributed by atoms with Crippen molar-refractivity contribution in [2.24, 2.45) is 0 Å². The zero-order chi connectivity index (χ0) is 13.1. The van der Waals surface area contributed by atoms with Gasteiger partial charge in [-0.1, -0.05) is 11.6 Å². The van der Waals surface area contributed by atoms with Gasteiger partial charge in [0.05, 0.1) is 22.3 Å². The summed E-state index contributed by atoms with van der Waals surface area (Å²) in [5, 5.41) is 12.6. The van der Waals surface area contributed by atoms with Crippen LogP contribution in [0.4, 0.5) is 17.1 Å². The largest absolute Gasteiger partial charge is 0.399 e. The summed E-state index contributed by atoms with van der Waals surface area (Å²) in [7, 11) is 0. The Bertz CT molecular complexity index is 629. The number of hydrogen-bond donors (Lipinski definition) is 2. The molecule has 0 aliphatic carbocycles. The lowest BCUT2D eigenvalue weighted by Gasteiger charge is -2.10. The summed E-state index contributed by atoms with van der Waals surface area (Å²) in [4.78, 5) is 0. The third-order valence-corrected chi connectivity index (χ3v) is 2.97. The molecular formula is C14H12ClN3. The molecule has 2 rings (SSSR count). The fourth-order valence-corrected chi connectivity index (χ4v) is 1.76. The van der Waals surface area contributed by atoms with E-state index in [1.54, 1.807) is 18.2 Å². The molecule has 90 valence electrons. The van der Waals surface area contributed by atoms with E-state index >= 15 is 0 Å². The lowest BCUT2D eigenvalue weighted by atomic mass is 10.1. The number of aryl methyl sites for hydroxylation is 1. The third-order valence-electron chi connectivity index (χ3n) is 2.64. The van der Waals surface area contributed by atoms with Crippen molar-refractivity contribution in [3.63, 3.8) is 0 Å². The summed E-state index contributed by atoms with van der Waals surface area (Å²) in [6, 6.07) is 12.8. The molecule has 0 radical (unpaired) electrons. The van der Waals surface area contributed by atoms with Gasteiger partial charge in [-0.15, -0.1) is 0 Å². The molecule has 0 aliphatic rings. The molecule has 0 saturated heterocycles. The highest BCUT2D eigenvalue weighted by Gasteiger charge is 2.03. The normalized spacial score (nSPS) is 9.83. The first kappa shape index (κ1) is 12.3. The highest BCUT2D eigenvalue weighted by molar-refractivity contribution is 6.33. The zero-order valence-electron chi connectivity index (χ0n) is 9.87. The number of rotatable bonds is 2. The molecule has 0 unspecified atom stereocenters. The Morgan fingerprint density at radius 3 is 2.67 bits per heavy atom. The highest BCUT2D eigenvalue weighted by atomic mass is 35.5. The Morgan fingerprint density at radius 2 is 2.00 bits per heavy atom. The van der Waals surface area contributed by atoms with Crippen LogP contribution in [0, 0.1) is 18.3 Å². The van der Waals surface area contributed by atoms with Crippen LogP contribution in [0.25, 0.3) is 0 Å². The molecule has 0 saturated carbocycles. The highest BCUT2D eigenvalue weighted by Crippen LogP contribution is 2.27. The molecule has 0 amide bonds. The van der Waals surface area contributed by atoms with Crippen molar-refractivity contribution in [1.29, 1.82) is 5.26 Å². The van der Waals surface area contributed by atoms with Gasteiger partial charge in [0.1, 0.15) is 0 Å². The summed E-state index contributed by atoms with van der Waals surface area (Å²) in [6.07, 6.45) is 0. The van der Waals surface area contributed by atoms with Gasteiger partial charge in [0.15, 0.2) is 0 Å². The van der Waals surface area contributed by atoms with Crippen molar-refractivity contribution in [3.8, 4) is 6.07 Å². The van der Waals surface area contributed by atoms with E-state index < -0.39 is 0 Å². The number of hydrogen-bond acceptors (Lipinski definition) is 3. The molecule has 0 heterocycles. The van der Waals surface area contributed by atoms with Gasteiger partial charge >= 0.3 is 0 Å². The first-order chi connectivity index (χ1) is 8.60. The van der Waals surface area contributed by atoms with E-state index in [9.17, 15) is 0 Å². The minimum Gasteiger partial charge on any atom is -0.399 e. The Morgan fingerprint density at radius 1 is 1.22 bits per heavy atom. The molecule has 18 heavy (non-hydrogen) atoms. The van der Waals surface area contributed by atoms with E-state index in [1.807, 2.05) is 25.1 Å². The Labute approximate surface area is 111 Å². The van der Waals surface area contributed by atoms with E-state index in [2.05, 4.69) is 11.4 Å². The Hall–Kier alpha value is -2.18. The predicted molar refractivity (Wildman–Crippen MR) is 75.0 cm³/mol. The molecule has 0 aliphatic heterocycles. The van der Waals surface area contributed by atoms with E-state index in [-0.39, 0.29) is 0 Å². The second kappa shape index (κ2) is 4.99. The van der Waals surface area contributed by atoms with Crippen LogP contribution in [-0.2, 0) is 0 Å². The maximum atomic E-state index is 8.86. The van der Waals surface area contributed by atoms with Gasteiger partial charge in [0, 0.05) is 11.4 Å². The number of benzene rings is 2. The topological polar surface area (TPSA) is 61.8 Å². The monoisotopic (exact) mass is 257 g/mol. The van der Waals surface area contributed by atoms with Crippen LogP contribution in [-0.4, -0.2) is 0 Å². The maximum absolute atomic E-state index is 8.86. The minimum atomic E-state index is 0.564. The number of halogens is 1. The average Bonchev–Trinajstić information content (AvgIpc) is 2.36. The van der Waals surface area contributed by atoms with Gasteiger partial charge in [0.25, 0.3) is 0 Å². The molecule has 0 bridgehead atoms. The van der Waals surface area contributed by atoms with Gasteiger partial charge in [0.2, 0.25) is 0 Å².